The van der Waals surface area contributed by atoms with Crippen LogP contribution in [-0.2, 0) is 11.4 Å². The molecule has 3 rings (SSSR count). The van der Waals surface area contributed by atoms with Crippen LogP contribution in [0.15, 0.2) is 49.9 Å². The van der Waals surface area contributed by atoms with Crippen molar-refractivity contribution in [3.63, 3.8) is 0 Å². The monoisotopic (exact) mass is 433 g/mol. The molecule has 0 N–H and O–H groups in total. The summed E-state index contributed by atoms with van der Waals surface area (Å²) in [5, 5.41) is 7.88. The summed E-state index contributed by atoms with van der Waals surface area (Å²) in [7, 11) is 1.76. The van der Waals surface area contributed by atoms with Gasteiger partial charge in [-0.2, -0.15) is 0 Å². The maximum atomic E-state index is 12.3. The number of nitrogens with zero attached hydrogens (tertiary/aromatic N) is 3. The minimum Gasteiger partial charge on any atom is -0.484 e. The normalized spacial score (nSPS) is 11.4. The van der Waals surface area contributed by atoms with Crippen LogP contribution in [0.5, 0.6) is 5.75 Å². The molecule has 0 atom stereocenters. The molecular weight excluding hydrogens is 414 g/mol. The number of hydrogen-bond donors (Lipinski definition) is 0. The minimum absolute atomic E-state index is 0.0409. The lowest BCUT2D eigenvalue weighted by molar-refractivity contribution is -0.125. The molecule has 0 aliphatic carbocycles. The molecule has 2 aromatic heterocycles. The van der Waals surface area contributed by atoms with Crippen LogP contribution in [0.25, 0.3) is 11.7 Å². The predicted molar refractivity (Wildman–Crippen MR) is 103 cm³/mol. The average molecular weight is 434 g/mol. The van der Waals surface area contributed by atoms with E-state index < -0.39 is 5.41 Å². The van der Waals surface area contributed by atoms with E-state index in [0.717, 1.165) is 5.69 Å². The van der Waals surface area contributed by atoms with Gasteiger partial charge >= 0.3 is 0 Å². The molecule has 0 spiro atoms. The van der Waals surface area contributed by atoms with E-state index in [0.29, 0.717) is 22.1 Å². The Bertz CT molecular complexity index is 925. The molecule has 0 saturated carbocycles. The fourth-order valence-corrected chi connectivity index (χ4v) is 2.68. The summed E-state index contributed by atoms with van der Waals surface area (Å²) in [6.07, 6.45) is 0. The molecule has 1 amide bonds. The van der Waals surface area contributed by atoms with Crippen LogP contribution >= 0.6 is 15.9 Å². The lowest BCUT2D eigenvalue weighted by atomic mass is 9.95. The maximum Gasteiger partial charge on any atom is 0.283 e. The standard InChI is InChI=1S/C19H20BrN3O4/c1-19(2,3)18(24)23(4)12-5-7-13(8-6-12)25-11-16-21-22-17(27-16)14-9-10-15(20)26-14/h5-10H,11H2,1-4H3. The van der Waals surface area contributed by atoms with Gasteiger partial charge in [0.15, 0.2) is 17.0 Å². The van der Waals surface area contributed by atoms with Gasteiger partial charge in [-0.15, -0.1) is 10.2 Å². The van der Waals surface area contributed by atoms with Crippen molar-refractivity contribution < 1.29 is 18.4 Å². The largest absolute Gasteiger partial charge is 0.484 e. The van der Waals surface area contributed by atoms with E-state index >= 15 is 0 Å². The average Bonchev–Trinajstić information content (AvgIpc) is 3.27. The van der Waals surface area contributed by atoms with Gasteiger partial charge in [0, 0.05) is 18.2 Å². The van der Waals surface area contributed by atoms with Crippen molar-refractivity contribution >= 4 is 27.5 Å². The van der Waals surface area contributed by atoms with Crippen LogP contribution in [0.3, 0.4) is 0 Å². The number of carbonyl (C=O) groups is 1. The van der Waals surface area contributed by atoms with Crippen molar-refractivity contribution in [2.45, 2.75) is 27.4 Å². The Morgan fingerprint density at radius 1 is 1.11 bits per heavy atom. The van der Waals surface area contributed by atoms with E-state index in [1.807, 2.05) is 32.9 Å². The zero-order chi connectivity index (χ0) is 19.6. The first-order chi connectivity index (χ1) is 12.7. The van der Waals surface area contributed by atoms with Crippen LogP contribution < -0.4 is 9.64 Å². The van der Waals surface area contributed by atoms with Crippen molar-refractivity contribution in [1.82, 2.24) is 10.2 Å². The number of hydrogen-bond acceptors (Lipinski definition) is 6. The molecule has 0 bridgehead atoms. The Balaban J connectivity index is 1.61. The minimum atomic E-state index is -0.441. The first-order valence-electron chi connectivity index (χ1n) is 8.33. The number of carbonyl (C=O) groups excluding carboxylic acids is 1. The van der Waals surface area contributed by atoms with Gasteiger partial charge < -0.3 is 18.5 Å². The number of anilines is 1. The van der Waals surface area contributed by atoms with E-state index in [1.54, 1.807) is 36.2 Å². The van der Waals surface area contributed by atoms with Crippen molar-refractivity contribution in [2.24, 2.45) is 5.41 Å². The third-order valence-electron chi connectivity index (χ3n) is 3.78. The molecular formula is C19H20BrN3O4. The number of aromatic nitrogens is 2. The molecule has 3 aromatic rings. The Morgan fingerprint density at radius 3 is 2.41 bits per heavy atom. The lowest BCUT2D eigenvalue weighted by Crippen LogP contribution is -2.36. The van der Waals surface area contributed by atoms with E-state index in [-0.39, 0.29) is 18.4 Å². The number of rotatable bonds is 5. The number of halogens is 1. The highest BCUT2D eigenvalue weighted by Crippen LogP contribution is 2.26. The van der Waals surface area contributed by atoms with E-state index in [9.17, 15) is 4.79 Å². The number of furan rings is 1. The molecule has 0 fully saturated rings. The molecule has 0 unspecified atom stereocenters. The topological polar surface area (TPSA) is 81.6 Å². The summed E-state index contributed by atoms with van der Waals surface area (Å²) in [6.45, 7) is 5.81. The van der Waals surface area contributed by atoms with Crippen molar-refractivity contribution in [2.75, 3.05) is 11.9 Å². The van der Waals surface area contributed by atoms with Crippen LogP contribution in [-0.4, -0.2) is 23.2 Å². The SMILES string of the molecule is CN(C(=O)C(C)(C)C)c1ccc(OCc2nnc(-c3ccc(Br)o3)o2)cc1. The second kappa shape index (κ2) is 7.56. The summed E-state index contributed by atoms with van der Waals surface area (Å²) >= 11 is 3.23. The molecule has 0 aliphatic rings. The van der Waals surface area contributed by atoms with Crippen LogP contribution in [0.2, 0.25) is 0 Å². The number of amides is 1. The molecule has 1 aromatic carbocycles. The fraction of sp³-hybridized carbons (Fsp3) is 0.316. The van der Waals surface area contributed by atoms with Gasteiger partial charge in [-0.1, -0.05) is 20.8 Å². The maximum absolute atomic E-state index is 12.3. The van der Waals surface area contributed by atoms with Gasteiger partial charge in [-0.05, 0) is 52.3 Å². The second-order valence-electron chi connectivity index (χ2n) is 7.00. The lowest BCUT2D eigenvalue weighted by Gasteiger charge is -2.26. The highest BCUT2D eigenvalue weighted by molar-refractivity contribution is 9.10. The molecule has 142 valence electrons. The molecule has 0 radical (unpaired) electrons. The molecule has 0 aliphatic heterocycles. The zero-order valence-electron chi connectivity index (χ0n) is 15.5. The first kappa shape index (κ1) is 19.2. The number of ether oxygens (including phenoxy) is 1. The van der Waals surface area contributed by atoms with Crippen LogP contribution in [0.1, 0.15) is 26.7 Å². The molecule has 8 heteroatoms. The van der Waals surface area contributed by atoms with Crippen LogP contribution in [0, 0.1) is 5.41 Å². The fourth-order valence-electron chi connectivity index (χ4n) is 2.37. The molecule has 7 nitrogen and oxygen atoms in total. The third-order valence-corrected chi connectivity index (χ3v) is 4.21. The van der Waals surface area contributed by atoms with Crippen LogP contribution in [0.4, 0.5) is 5.69 Å². The Hall–Kier alpha value is -2.61. The Kier molecular flexibility index (Phi) is 5.36. The summed E-state index contributed by atoms with van der Waals surface area (Å²) in [6, 6.07) is 10.7. The van der Waals surface area contributed by atoms with Gasteiger partial charge in [0.1, 0.15) is 5.75 Å². The van der Waals surface area contributed by atoms with Gasteiger partial charge in [0.25, 0.3) is 11.8 Å². The molecule has 0 saturated heterocycles. The quantitative estimate of drug-likeness (QED) is 0.580. The van der Waals surface area contributed by atoms with Gasteiger partial charge in [0.05, 0.1) is 0 Å². The third kappa shape index (κ3) is 4.57. The summed E-state index contributed by atoms with van der Waals surface area (Å²) in [4.78, 5) is 14.0. The van der Waals surface area contributed by atoms with Gasteiger partial charge in [-0.3, -0.25) is 4.79 Å². The smallest absolute Gasteiger partial charge is 0.283 e. The Morgan fingerprint density at radius 2 is 1.81 bits per heavy atom. The summed E-state index contributed by atoms with van der Waals surface area (Å²) < 4.78 is 17.1. The second-order valence-corrected chi connectivity index (χ2v) is 7.78. The van der Waals surface area contributed by atoms with E-state index in [2.05, 4.69) is 26.1 Å². The number of benzene rings is 1. The van der Waals surface area contributed by atoms with E-state index in [1.165, 1.54) is 0 Å². The van der Waals surface area contributed by atoms with Gasteiger partial charge in [0.2, 0.25) is 5.91 Å². The molecule has 2 heterocycles. The van der Waals surface area contributed by atoms with Crippen molar-refractivity contribution in [1.29, 1.82) is 0 Å². The zero-order valence-corrected chi connectivity index (χ0v) is 17.1. The van der Waals surface area contributed by atoms with Gasteiger partial charge in [-0.25, -0.2) is 0 Å². The van der Waals surface area contributed by atoms with Crippen molar-refractivity contribution in [3.05, 3.63) is 47.0 Å². The highest BCUT2D eigenvalue weighted by atomic mass is 79.9. The summed E-state index contributed by atoms with van der Waals surface area (Å²) in [5.74, 6) is 1.78. The molecule has 27 heavy (non-hydrogen) atoms. The summed E-state index contributed by atoms with van der Waals surface area (Å²) in [5.41, 5.74) is 0.356. The predicted octanol–water partition coefficient (Wildman–Crippen LogP) is 4.68. The first-order valence-corrected chi connectivity index (χ1v) is 9.12. The Labute approximate surface area is 165 Å². The van der Waals surface area contributed by atoms with Crippen molar-refractivity contribution in [3.8, 4) is 17.4 Å². The highest BCUT2D eigenvalue weighted by Gasteiger charge is 2.25. The van der Waals surface area contributed by atoms with E-state index in [4.69, 9.17) is 13.6 Å².